The third-order valence-electron chi connectivity index (χ3n) is 2.50. The van der Waals surface area contributed by atoms with Gasteiger partial charge in [0.15, 0.2) is 0 Å². The maximum absolute atomic E-state index is 11.1. The zero-order valence-electron chi connectivity index (χ0n) is 9.49. The molecule has 0 spiro atoms. The molecule has 1 rings (SSSR count). The van der Waals surface area contributed by atoms with Crippen molar-refractivity contribution in [3.8, 4) is 0 Å². The van der Waals surface area contributed by atoms with Gasteiger partial charge in [0.2, 0.25) is 10.0 Å². The predicted octanol–water partition coefficient (Wildman–Crippen LogP) is -0.228. The van der Waals surface area contributed by atoms with E-state index in [9.17, 15) is 8.42 Å². The van der Waals surface area contributed by atoms with E-state index < -0.39 is 10.0 Å². The van der Waals surface area contributed by atoms with Crippen molar-refractivity contribution in [2.24, 2.45) is 5.92 Å². The van der Waals surface area contributed by atoms with Crippen LogP contribution in [0.4, 0.5) is 0 Å². The Labute approximate surface area is 92.2 Å². The van der Waals surface area contributed by atoms with Gasteiger partial charge >= 0.3 is 0 Å². The average molecular weight is 235 g/mol. The van der Waals surface area contributed by atoms with Crippen LogP contribution in [0.2, 0.25) is 0 Å². The van der Waals surface area contributed by atoms with Gasteiger partial charge in [-0.15, -0.1) is 4.83 Å². The van der Waals surface area contributed by atoms with Crippen LogP contribution in [0.15, 0.2) is 0 Å². The fourth-order valence-corrected chi connectivity index (χ4v) is 2.53. The number of sulfonamides is 1. The number of nitrogens with one attached hydrogen (secondary N) is 2. The largest absolute Gasteiger partial charge is 0.317 e. The minimum atomic E-state index is -3.11. The molecule has 0 aromatic rings. The Kier molecular flexibility index (Phi) is 4.98. The Morgan fingerprint density at radius 1 is 1.47 bits per heavy atom. The fourth-order valence-electron chi connectivity index (χ4n) is 1.90. The lowest BCUT2D eigenvalue weighted by molar-refractivity contribution is 0.150. The van der Waals surface area contributed by atoms with Crippen molar-refractivity contribution in [3.63, 3.8) is 0 Å². The Morgan fingerprint density at radius 2 is 2.20 bits per heavy atom. The summed E-state index contributed by atoms with van der Waals surface area (Å²) in [7, 11) is -3.11. The fraction of sp³-hybridized carbons (Fsp3) is 1.00. The highest BCUT2D eigenvalue weighted by atomic mass is 32.2. The molecule has 0 aliphatic carbocycles. The molecule has 1 aliphatic heterocycles. The molecule has 6 heteroatoms. The second-order valence-electron chi connectivity index (χ2n) is 4.13. The quantitative estimate of drug-likeness (QED) is 0.691. The Morgan fingerprint density at radius 3 is 2.80 bits per heavy atom. The number of piperidine rings is 1. The van der Waals surface area contributed by atoms with Gasteiger partial charge in [-0.25, -0.2) is 13.4 Å². The molecule has 5 nitrogen and oxygen atoms in total. The molecule has 1 saturated heterocycles. The summed E-state index contributed by atoms with van der Waals surface area (Å²) in [5.41, 5.74) is 0. The molecule has 0 amide bonds. The van der Waals surface area contributed by atoms with Crippen LogP contribution in [0.5, 0.6) is 0 Å². The monoisotopic (exact) mass is 235 g/mol. The van der Waals surface area contributed by atoms with E-state index in [1.54, 1.807) is 5.01 Å². The van der Waals surface area contributed by atoms with Crippen LogP contribution in [0.25, 0.3) is 0 Å². The maximum Gasteiger partial charge on any atom is 0.221 e. The summed E-state index contributed by atoms with van der Waals surface area (Å²) in [6, 6.07) is 0. The van der Waals surface area contributed by atoms with E-state index >= 15 is 0 Å². The highest BCUT2D eigenvalue weighted by Gasteiger charge is 2.21. The molecule has 0 bridgehead atoms. The summed E-state index contributed by atoms with van der Waals surface area (Å²) in [5.74, 6) is 0.549. The number of hydrogen-bond donors (Lipinski definition) is 2. The molecule has 0 aromatic heterocycles. The third kappa shape index (κ3) is 5.46. The normalized spacial score (nSPS) is 24.3. The maximum atomic E-state index is 11.1. The lowest BCUT2D eigenvalue weighted by atomic mass is 9.99. The first-order valence-corrected chi connectivity index (χ1v) is 7.33. The van der Waals surface area contributed by atoms with Gasteiger partial charge in [-0.3, -0.25) is 0 Å². The molecule has 0 radical (unpaired) electrons. The van der Waals surface area contributed by atoms with Crippen LogP contribution in [0, 0.1) is 5.92 Å². The van der Waals surface area contributed by atoms with Gasteiger partial charge < -0.3 is 5.32 Å². The average Bonchev–Trinajstić information content (AvgIpc) is 2.12. The van der Waals surface area contributed by atoms with Crippen molar-refractivity contribution in [2.45, 2.75) is 19.8 Å². The summed E-state index contributed by atoms with van der Waals surface area (Å²) in [4.78, 5) is 2.54. The Balaban J connectivity index is 2.35. The van der Waals surface area contributed by atoms with Crippen LogP contribution < -0.4 is 10.1 Å². The van der Waals surface area contributed by atoms with Gasteiger partial charge in [0.25, 0.3) is 0 Å². The van der Waals surface area contributed by atoms with Crippen molar-refractivity contribution >= 4 is 10.0 Å². The standard InChI is InChI=1S/C9H21N3O2S/c1-3-10-7-9-5-4-6-12(8-9)11-15(2,13)14/h9-11H,3-8H2,1-2H3. The lowest BCUT2D eigenvalue weighted by Crippen LogP contribution is -2.48. The summed E-state index contributed by atoms with van der Waals surface area (Å²) in [6.45, 7) is 5.64. The number of nitrogens with zero attached hydrogens (tertiary/aromatic N) is 1. The van der Waals surface area contributed by atoms with E-state index in [1.807, 2.05) is 0 Å². The van der Waals surface area contributed by atoms with Crippen molar-refractivity contribution in [1.82, 2.24) is 15.2 Å². The minimum absolute atomic E-state index is 0.549. The van der Waals surface area contributed by atoms with E-state index in [4.69, 9.17) is 0 Å². The van der Waals surface area contributed by atoms with Gasteiger partial charge in [0.05, 0.1) is 6.26 Å². The molecule has 2 N–H and O–H groups in total. The SMILES string of the molecule is CCNCC1CCCN(NS(C)(=O)=O)C1. The molecule has 0 aromatic carbocycles. The van der Waals surface area contributed by atoms with Crippen molar-refractivity contribution in [1.29, 1.82) is 0 Å². The molecule has 0 saturated carbocycles. The van der Waals surface area contributed by atoms with Crippen LogP contribution >= 0.6 is 0 Å². The predicted molar refractivity (Wildman–Crippen MR) is 60.8 cm³/mol. The molecular formula is C9H21N3O2S. The van der Waals surface area contributed by atoms with Gasteiger partial charge in [0, 0.05) is 13.1 Å². The lowest BCUT2D eigenvalue weighted by Gasteiger charge is -2.32. The second kappa shape index (κ2) is 5.79. The summed E-state index contributed by atoms with van der Waals surface area (Å²) in [6.07, 6.45) is 3.43. The smallest absolute Gasteiger partial charge is 0.221 e. The zero-order chi connectivity index (χ0) is 11.3. The van der Waals surface area contributed by atoms with E-state index in [1.165, 1.54) is 12.7 Å². The van der Waals surface area contributed by atoms with E-state index in [-0.39, 0.29) is 0 Å². The first-order chi connectivity index (χ1) is 7.01. The van der Waals surface area contributed by atoms with E-state index in [2.05, 4.69) is 17.1 Å². The number of hydrazine groups is 1. The summed E-state index contributed by atoms with van der Waals surface area (Å²) >= 11 is 0. The van der Waals surface area contributed by atoms with Crippen LogP contribution in [0.3, 0.4) is 0 Å². The molecule has 1 unspecified atom stereocenters. The minimum Gasteiger partial charge on any atom is -0.317 e. The third-order valence-corrected chi connectivity index (χ3v) is 3.09. The van der Waals surface area contributed by atoms with Gasteiger partial charge in [-0.2, -0.15) is 0 Å². The van der Waals surface area contributed by atoms with Gasteiger partial charge in [-0.05, 0) is 31.8 Å². The van der Waals surface area contributed by atoms with Crippen LogP contribution in [-0.4, -0.2) is 45.9 Å². The van der Waals surface area contributed by atoms with Crippen molar-refractivity contribution in [3.05, 3.63) is 0 Å². The second-order valence-corrected chi connectivity index (χ2v) is 5.85. The van der Waals surface area contributed by atoms with Crippen LogP contribution in [-0.2, 0) is 10.0 Å². The Bertz CT molecular complexity index is 279. The number of hydrogen-bond acceptors (Lipinski definition) is 4. The molecule has 15 heavy (non-hydrogen) atoms. The molecule has 1 heterocycles. The zero-order valence-corrected chi connectivity index (χ0v) is 10.3. The van der Waals surface area contributed by atoms with Crippen molar-refractivity contribution < 1.29 is 8.42 Å². The van der Waals surface area contributed by atoms with E-state index in [0.29, 0.717) is 5.92 Å². The van der Waals surface area contributed by atoms with Gasteiger partial charge in [-0.1, -0.05) is 6.92 Å². The first-order valence-electron chi connectivity index (χ1n) is 5.44. The van der Waals surface area contributed by atoms with Crippen molar-refractivity contribution in [2.75, 3.05) is 32.4 Å². The molecule has 1 fully saturated rings. The van der Waals surface area contributed by atoms with E-state index in [0.717, 1.165) is 32.6 Å². The highest BCUT2D eigenvalue weighted by Crippen LogP contribution is 2.14. The highest BCUT2D eigenvalue weighted by molar-refractivity contribution is 7.88. The molecular weight excluding hydrogens is 214 g/mol. The molecule has 1 aliphatic rings. The molecule has 90 valence electrons. The topological polar surface area (TPSA) is 61.4 Å². The molecule has 1 atom stereocenters. The van der Waals surface area contributed by atoms with Crippen LogP contribution in [0.1, 0.15) is 19.8 Å². The summed E-state index contributed by atoms with van der Waals surface area (Å²) < 4.78 is 22.1. The first kappa shape index (κ1) is 12.9. The Hall–Kier alpha value is -0.170. The van der Waals surface area contributed by atoms with Gasteiger partial charge in [0.1, 0.15) is 0 Å². The number of rotatable bonds is 5. The summed E-state index contributed by atoms with van der Waals surface area (Å²) in [5, 5.41) is 5.10.